The van der Waals surface area contributed by atoms with Gasteiger partial charge in [-0.15, -0.1) is 0 Å². The molecule has 1 saturated heterocycles. The average molecular weight is 292 g/mol. The first-order chi connectivity index (χ1) is 9.83. The molecule has 1 heterocycles. The fraction of sp³-hybridized carbons (Fsp3) is 0.647. The van der Waals surface area contributed by atoms with Gasteiger partial charge in [-0.2, -0.15) is 11.8 Å². The second kappa shape index (κ2) is 8.71. The van der Waals surface area contributed by atoms with Crippen LogP contribution in [0.2, 0.25) is 0 Å². The maximum absolute atomic E-state index is 3.74. The number of thioether (sulfide) groups is 1. The summed E-state index contributed by atoms with van der Waals surface area (Å²) >= 11 is 1.96. The smallest absolute Gasteiger partial charge is 0.0236 e. The Hall–Kier alpha value is -0.510. The van der Waals surface area contributed by atoms with Crippen molar-refractivity contribution in [2.75, 3.05) is 31.6 Å². The van der Waals surface area contributed by atoms with E-state index in [9.17, 15) is 0 Å². The molecule has 1 aromatic carbocycles. The maximum atomic E-state index is 3.74. The Bertz CT molecular complexity index is 369. The standard InChI is InChI=1S/C17H28N2S/c1-3-17-13-18-16(12-15-8-5-4-6-9-15)14-19(17)10-7-11-20-2/h4-6,8-9,16-18H,3,7,10-14H2,1-2H3. The SMILES string of the molecule is CCC1CNC(Cc2ccccc2)CN1CCCSC. The van der Waals surface area contributed by atoms with Crippen molar-refractivity contribution in [3.05, 3.63) is 35.9 Å². The van der Waals surface area contributed by atoms with Crippen LogP contribution in [-0.4, -0.2) is 48.6 Å². The topological polar surface area (TPSA) is 15.3 Å². The molecule has 20 heavy (non-hydrogen) atoms. The van der Waals surface area contributed by atoms with Crippen LogP contribution in [-0.2, 0) is 6.42 Å². The molecule has 0 radical (unpaired) electrons. The highest BCUT2D eigenvalue weighted by atomic mass is 32.2. The van der Waals surface area contributed by atoms with E-state index in [1.165, 1.54) is 37.2 Å². The van der Waals surface area contributed by atoms with Crippen LogP contribution in [0.15, 0.2) is 30.3 Å². The monoisotopic (exact) mass is 292 g/mol. The first kappa shape index (κ1) is 15.9. The molecule has 112 valence electrons. The lowest BCUT2D eigenvalue weighted by atomic mass is 10.0. The van der Waals surface area contributed by atoms with Gasteiger partial charge in [0.25, 0.3) is 0 Å². The highest BCUT2D eigenvalue weighted by Crippen LogP contribution is 2.14. The van der Waals surface area contributed by atoms with E-state index in [2.05, 4.69) is 53.7 Å². The van der Waals surface area contributed by atoms with Crippen molar-refractivity contribution < 1.29 is 0 Å². The fourth-order valence-electron chi connectivity index (χ4n) is 3.05. The van der Waals surface area contributed by atoms with Gasteiger partial charge in [0.1, 0.15) is 0 Å². The zero-order valence-corrected chi connectivity index (χ0v) is 13.7. The average Bonchev–Trinajstić information content (AvgIpc) is 2.49. The summed E-state index contributed by atoms with van der Waals surface area (Å²) < 4.78 is 0. The minimum absolute atomic E-state index is 0.606. The Morgan fingerprint density at radius 2 is 2.10 bits per heavy atom. The van der Waals surface area contributed by atoms with Crippen LogP contribution in [0.25, 0.3) is 0 Å². The minimum atomic E-state index is 0.606. The fourth-order valence-corrected chi connectivity index (χ4v) is 3.47. The van der Waals surface area contributed by atoms with Crippen LogP contribution in [0, 0.1) is 0 Å². The van der Waals surface area contributed by atoms with Crippen molar-refractivity contribution in [2.45, 2.75) is 38.3 Å². The first-order valence-electron chi connectivity index (χ1n) is 7.83. The van der Waals surface area contributed by atoms with Gasteiger partial charge in [0.2, 0.25) is 0 Å². The molecular weight excluding hydrogens is 264 g/mol. The van der Waals surface area contributed by atoms with E-state index in [-0.39, 0.29) is 0 Å². The Morgan fingerprint density at radius 3 is 2.80 bits per heavy atom. The second-order valence-corrected chi connectivity index (χ2v) is 6.68. The Morgan fingerprint density at radius 1 is 1.30 bits per heavy atom. The molecule has 2 atom stereocenters. The van der Waals surface area contributed by atoms with E-state index < -0.39 is 0 Å². The van der Waals surface area contributed by atoms with Crippen molar-refractivity contribution in [3.8, 4) is 0 Å². The lowest BCUT2D eigenvalue weighted by Crippen LogP contribution is -2.57. The molecule has 1 fully saturated rings. The zero-order valence-electron chi connectivity index (χ0n) is 12.8. The minimum Gasteiger partial charge on any atom is -0.311 e. The molecule has 0 amide bonds. The van der Waals surface area contributed by atoms with Crippen molar-refractivity contribution in [1.29, 1.82) is 0 Å². The van der Waals surface area contributed by atoms with Crippen LogP contribution < -0.4 is 5.32 Å². The van der Waals surface area contributed by atoms with Gasteiger partial charge in [-0.1, -0.05) is 37.3 Å². The van der Waals surface area contributed by atoms with Gasteiger partial charge in [-0.25, -0.2) is 0 Å². The van der Waals surface area contributed by atoms with Crippen molar-refractivity contribution in [1.82, 2.24) is 10.2 Å². The number of nitrogens with zero attached hydrogens (tertiary/aromatic N) is 1. The highest BCUT2D eigenvalue weighted by Gasteiger charge is 2.26. The molecule has 0 bridgehead atoms. The summed E-state index contributed by atoms with van der Waals surface area (Å²) in [6.07, 6.45) is 5.92. The number of piperazine rings is 1. The highest BCUT2D eigenvalue weighted by molar-refractivity contribution is 7.98. The van der Waals surface area contributed by atoms with Crippen LogP contribution in [0.5, 0.6) is 0 Å². The maximum Gasteiger partial charge on any atom is 0.0236 e. The summed E-state index contributed by atoms with van der Waals surface area (Å²) in [6.45, 7) is 5.91. The summed E-state index contributed by atoms with van der Waals surface area (Å²) in [5, 5.41) is 3.74. The van der Waals surface area contributed by atoms with Crippen molar-refractivity contribution >= 4 is 11.8 Å². The first-order valence-corrected chi connectivity index (χ1v) is 9.23. The lowest BCUT2D eigenvalue weighted by molar-refractivity contribution is 0.127. The third kappa shape index (κ3) is 4.80. The van der Waals surface area contributed by atoms with E-state index in [4.69, 9.17) is 0 Å². The molecule has 2 unspecified atom stereocenters. The predicted molar refractivity (Wildman–Crippen MR) is 90.6 cm³/mol. The summed E-state index contributed by atoms with van der Waals surface area (Å²) in [6, 6.07) is 12.2. The van der Waals surface area contributed by atoms with Crippen LogP contribution in [0.4, 0.5) is 0 Å². The molecule has 0 saturated carbocycles. The number of hydrogen-bond acceptors (Lipinski definition) is 3. The number of nitrogens with one attached hydrogen (secondary N) is 1. The summed E-state index contributed by atoms with van der Waals surface area (Å²) in [5.41, 5.74) is 1.45. The molecular formula is C17H28N2S. The predicted octanol–water partition coefficient (Wildman–Crippen LogP) is 3.03. The molecule has 1 aliphatic rings. The largest absolute Gasteiger partial charge is 0.311 e. The number of benzene rings is 1. The van der Waals surface area contributed by atoms with Gasteiger partial charge in [0, 0.05) is 25.2 Å². The lowest BCUT2D eigenvalue weighted by Gasteiger charge is -2.40. The molecule has 2 rings (SSSR count). The van der Waals surface area contributed by atoms with Crippen LogP contribution >= 0.6 is 11.8 Å². The Labute approximate surface area is 128 Å². The number of rotatable bonds is 7. The Balaban J connectivity index is 1.86. The van der Waals surface area contributed by atoms with Crippen molar-refractivity contribution in [2.24, 2.45) is 0 Å². The third-order valence-electron chi connectivity index (χ3n) is 4.20. The molecule has 2 nitrogen and oxygen atoms in total. The molecule has 1 aliphatic heterocycles. The summed E-state index contributed by atoms with van der Waals surface area (Å²) in [4.78, 5) is 2.71. The second-order valence-electron chi connectivity index (χ2n) is 5.70. The number of hydrogen-bond donors (Lipinski definition) is 1. The van der Waals surface area contributed by atoms with Crippen molar-refractivity contribution in [3.63, 3.8) is 0 Å². The van der Waals surface area contributed by atoms with E-state index in [1.54, 1.807) is 0 Å². The molecule has 0 spiro atoms. The van der Waals surface area contributed by atoms with Gasteiger partial charge in [-0.05, 0) is 43.4 Å². The van der Waals surface area contributed by atoms with Gasteiger partial charge >= 0.3 is 0 Å². The molecule has 0 aromatic heterocycles. The molecule has 1 N–H and O–H groups in total. The van der Waals surface area contributed by atoms with Gasteiger partial charge < -0.3 is 5.32 Å². The van der Waals surface area contributed by atoms with Gasteiger partial charge in [-0.3, -0.25) is 4.90 Å². The third-order valence-corrected chi connectivity index (χ3v) is 4.90. The normalized spacial score (nSPS) is 23.9. The van der Waals surface area contributed by atoms with Crippen LogP contribution in [0.1, 0.15) is 25.3 Å². The van der Waals surface area contributed by atoms with Gasteiger partial charge in [0.05, 0.1) is 0 Å². The molecule has 0 aliphatic carbocycles. The Kier molecular flexibility index (Phi) is 6.91. The summed E-state index contributed by atoms with van der Waals surface area (Å²) in [7, 11) is 0. The van der Waals surface area contributed by atoms with Gasteiger partial charge in [0.15, 0.2) is 0 Å². The van der Waals surface area contributed by atoms with E-state index >= 15 is 0 Å². The molecule has 3 heteroatoms. The molecule has 1 aromatic rings. The van der Waals surface area contributed by atoms with E-state index in [0.717, 1.165) is 19.0 Å². The summed E-state index contributed by atoms with van der Waals surface area (Å²) in [5.74, 6) is 1.28. The quantitative estimate of drug-likeness (QED) is 0.778. The zero-order chi connectivity index (χ0) is 14.2. The van der Waals surface area contributed by atoms with E-state index in [1.807, 2.05) is 11.8 Å². The van der Waals surface area contributed by atoms with Crippen LogP contribution in [0.3, 0.4) is 0 Å². The van der Waals surface area contributed by atoms with E-state index in [0.29, 0.717) is 6.04 Å².